The first-order valence-electron chi connectivity index (χ1n) is 10.1. The van der Waals surface area contributed by atoms with Crippen LogP contribution in [0.2, 0.25) is 0 Å². The van der Waals surface area contributed by atoms with E-state index in [-0.39, 0.29) is 35.0 Å². The number of benzene rings is 2. The Labute approximate surface area is 201 Å². The summed E-state index contributed by atoms with van der Waals surface area (Å²) in [6.45, 7) is 0.457. The molecule has 1 aliphatic rings. The quantitative estimate of drug-likeness (QED) is 0.104. The summed E-state index contributed by atoms with van der Waals surface area (Å²) in [6.07, 6.45) is 2.12. The van der Waals surface area contributed by atoms with Crippen LogP contribution in [0.15, 0.2) is 51.8 Å². The number of amides is 1. The molecule has 1 unspecified atom stereocenters. The molecule has 1 aromatic heterocycles. The van der Waals surface area contributed by atoms with Crippen LogP contribution in [-0.4, -0.2) is 46.7 Å². The molecule has 0 saturated heterocycles. The lowest BCUT2D eigenvalue weighted by Crippen LogP contribution is -2.42. The number of anilines is 2. The standard InChI is InChI=1S/C20H19BBrFN6O5/c22-14-10-12(4-5-15(14)23)26-19(27-32)17-18(29-34-28-17)24-7-8-25-20(30)13-3-1-2-11-6-9-33-21(31)16(11)13/h1-6,9-10,19,26-27,31-32H,7-8H2,(H,24,29)(H,25,30). The average molecular weight is 533 g/mol. The van der Waals surface area contributed by atoms with Gasteiger partial charge in [-0.25, -0.2) is 9.02 Å². The Morgan fingerprint density at radius 3 is 2.88 bits per heavy atom. The number of rotatable bonds is 9. The van der Waals surface area contributed by atoms with Gasteiger partial charge in [0.1, 0.15) is 5.82 Å². The number of nitrogens with zero attached hydrogens (tertiary/aromatic N) is 2. The molecule has 0 spiro atoms. The first-order valence-corrected chi connectivity index (χ1v) is 10.9. The highest BCUT2D eigenvalue weighted by Crippen LogP contribution is 2.25. The minimum atomic E-state index is -1.22. The number of nitrogens with one attached hydrogen (secondary N) is 4. The molecule has 3 aromatic rings. The summed E-state index contributed by atoms with van der Waals surface area (Å²) < 4.78 is 23.6. The normalized spacial score (nSPS) is 13.1. The zero-order valence-corrected chi connectivity index (χ0v) is 19.0. The van der Waals surface area contributed by atoms with Crippen LogP contribution >= 0.6 is 15.9 Å². The van der Waals surface area contributed by atoms with Crippen LogP contribution in [0.3, 0.4) is 0 Å². The van der Waals surface area contributed by atoms with Gasteiger partial charge in [0.15, 0.2) is 17.7 Å². The van der Waals surface area contributed by atoms with E-state index in [9.17, 15) is 19.4 Å². The minimum Gasteiger partial charge on any atom is -0.538 e. The van der Waals surface area contributed by atoms with Gasteiger partial charge in [-0.3, -0.25) is 4.79 Å². The highest BCUT2D eigenvalue weighted by molar-refractivity contribution is 9.10. The summed E-state index contributed by atoms with van der Waals surface area (Å²) >= 11 is 3.10. The molecule has 0 aliphatic carbocycles. The fourth-order valence-corrected chi connectivity index (χ4v) is 3.71. The highest BCUT2D eigenvalue weighted by Gasteiger charge is 2.29. The molecule has 11 nitrogen and oxygen atoms in total. The molecule has 1 atom stereocenters. The smallest absolute Gasteiger partial charge is 0.538 e. The number of halogens is 2. The molecule has 1 amide bonds. The number of hydrogen-bond acceptors (Lipinski definition) is 10. The van der Waals surface area contributed by atoms with Crippen molar-refractivity contribution >= 4 is 52.0 Å². The van der Waals surface area contributed by atoms with E-state index < -0.39 is 19.1 Å². The monoisotopic (exact) mass is 532 g/mol. The van der Waals surface area contributed by atoms with Crippen LogP contribution in [-0.2, 0) is 4.65 Å². The average Bonchev–Trinajstić information content (AvgIpc) is 3.30. The van der Waals surface area contributed by atoms with Gasteiger partial charge in [-0.05, 0) is 62.1 Å². The summed E-state index contributed by atoms with van der Waals surface area (Å²) in [7, 11) is -1.22. The molecule has 4 rings (SSSR count). The molecule has 1 aliphatic heterocycles. The van der Waals surface area contributed by atoms with Crippen LogP contribution in [0.1, 0.15) is 27.8 Å². The van der Waals surface area contributed by atoms with Gasteiger partial charge in [0.25, 0.3) is 5.91 Å². The first-order chi connectivity index (χ1) is 16.5. The third-order valence-corrected chi connectivity index (χ3v) is 5.54. The Morgan fingerprint density at radius 2 is 2.09 bits per heavy atom. The lowest BCUT2D eigenvalue weighted by molar-refractivity contribution is 0.0955. The van der Waals surface area contributed by atoms with Gasteiger partial charge in [0, 0.05) is 29.8 Å². The molecule has 14 heteroatoms. The predicted octanol–water partition coefficient (Wildman–Crippen LogP) is 1.59. The van der Waals surface area contributed by atoms with Gasteiger partial charge in [0.05, 0.1) is 10.7 Å². The van der Waals surface area contributed by atoms with E-state index in [0.29, 0.717) is 22.3 Å². The van der Waals surface area contributed by atoms with E-state index in [1.807, 2.05) is 0 Å². The highest BCUT2D eigenvalue weighted by atomic mass is 79.9. The number of hydroxylamine groups is 1. The Bertz CT molecular complexity index is 1210. The molecule has 0 radical (unpaired) electrons. The van der Waals surface area contributed by atoms with Crippen molar-refractivity contribution in [3.8, 4) is 0 Å². The molecule has 34 heavy (non-hydrogen) atoms. The van der Waals surface area contributed by atoms with Gasteiger partial charge in [-0.2, -0.15) is 5.48 Å². The topological polar surface area (TPSA) is 154 Å². The van der Waals surface area contributed by atoms with E-state index in [0.717, 1.165) is 0 Å². The van der Waals surface area contributed by atoms with E-state index in [2.05, 4.69) is 47.7 Å². The van der Waals surface area contributed by atoms with Crippen LogP contribution in [0.4, 0.5) is 15.9 Å². The fraction of sp³-hybridized carbons (Fsp3) is 0.150. The largest absolute Gasteiger partial charge is 0.561 e. The summed E-state index contributed by atoms with van der Waals surface area (Å²) in [4.78, 5) is 12.6. The lowest BCUT2D eigenvalue weighted by atomic mass is 9.72. The molecule has 0 saturated carbocycles. The second-order valence-electron chi connectivity index (χ2n) is 7.12. The molecule has 0 bridgehead atoms. The minimum absolute atomic E-state index is 0.206. The number of fused-ring (bicyclic) bond motifs is 1. The second kappa shape index (κ2) is 10.6. The molecule has 176 valence electrons. The van der Waals surface area contributed by atoms with Crippen molar-refractivity contribution in [2.45, 2.75) is 6.17 Å². The Hall–Kier alpha value is -3.46. The summed E-state index contributed by atoms with van der Waals surface area (Å²) in [5.41, 5.74) is 4.16. The van der Waals surface area contributed by atoms with Crippen molar-refractivity contribution in [3.63, 3.8) is 0 Å². The SMILES string of the molecule is O=C(NCCNc1nonc1C(NO)Nc1ccc(F)c(Br)c1)c1cccc2c1B(O)OC=C2. The van der Waals surface area contributed by atoms with Crippen LogP contribution in [0.25, 0.3) is 6.08 Å². The zero-order chi connectivity index (χ0) is 24.1. The number of carbonyl (C=O) groups is 1. The van der Waals surface area contributed by atoms with Gasteiger partial charge >= 0.3 is 7.12 Å². The Morgan fingerprint density at radius 1 is 1.24 bits per heavy atom. The third kappa shape index (κ3) is 5.20. The van der Waals surface area contributed by atoms with E-state index in [1.54, 1.807) is 24.3 Å². The second-order valence-corrected chi connectivity index (χ2v) is 7.97. The van der Waals surface area contributed by atoms with Gasteiger partial charge in [0.2, 0.25) is 0 Å². The molecule has 0 fully saturated rings. The lowest BCUT2D eigenvalue weighted by Gasteiger charge is -2.18. The molecule has 2 aromatic carbocycles. The maximum atomic E-state index is 13.5. The van der Waals surface area contributed by atoms with Crippen molar-refractivity contribution in [1.82, 2.24) is 21.1 Å². The van der Waals surface area contributed by atoms with Gasteiger partial charge in [-0.15, -0.1) is 0 Å². The fourth-order valence-electron chi connectivity index (χ4n) is 3.33. The molecular formula is C20H19BBrFN6O5. The third-order valence-electron chi connectivity index (χ3n) is 4.94. The van der Waals surface area contributed by atoms with Crippen molar-refractivity contribution in [1.29, 1.82) is 0 Å². The van der Waals surface area contributed by atoms with Crippen molar-refractivity contribution in [3.05, 3.63) is 69.8 Å². The van der Waals surface area contributed by atoms with E-state index in [4.69, 9.17) is 9.28 Å². The number of aromatic nitrogens is 2. The number of carbonyl (C=O) groups excluding carboxylic acids is 1. The Balaban J connectivity index is 1.35. The summed E-state index contributed by atoms with van der Waals surface area (Å²) in [5, 5.41) is 35.9. The van der Waals surface area contributed by atoms with E-state index in [1.165, 1.54) is 24.5 Å². The predicted molar refractivity (Wildman–Crippen MR) is 125 cm³/mol. The summed E-state index contributed by atoms with van der Waals surface area (Å²) in [6, 6.07) is 9.34. The molecule has 6 N–H and O–H groups in total. The van der Waals surface area contributed by atoms with Crippen molar-refractivity contribution in [2.24, 2.45) is 0 Å². The Kier molecular flexibility index (Phi) is 7.42. The number of hydrogen-bond donors (Lipinski definition) is 6. The van der Waals surface area contributed by atoms with Gasteiger partial charge < -0.3 is 30.8 Å². The first kappa shape index (κ1) is 23.7. The van der Waals surface area contributed by atoms with Crippen molar-refractivity contribution in [2.75, 3.05) is 23.7 Å². The van der Waals surface area contributed by atoms with Gasteiger partial charge in [-0.1, -0.05) is 12.1 Å². The van der Waals surface area contributed by atoms with Crippen LogP contribution in [0.5, 0.6) is 0 Å². The van der Waals surface area contributed by atoms with Crippen LogP contribution < -0.4 is 26.9 Å². The maximum absolute atomic E-state index is 13.5. The maximum Gasteiger partial charge on any atom is 0.561 e. The zero-order valence-electron chi connectivity index (χ0n) is 17.5. The van der Waals surface area contributed by atoms with Crippen LogP contribution in [0, 0.1) is 5.82 Å². The summed E-state index contributed by atoms with van der Waals surface area (Å²) in [5.74, 6) is -0.588. The molecule has 2 heterocycles. The van der Waals surface area contributed by atoms with E-state index >= 15 is 0 Å². The van der Waals surface area contributed by atoms with Crippen molar-refractivity contribution < 1.29 is 28.7 Å². The molecular weight excluding hydrogens is 514 g/mol.